The predicted octanol–water partition coefficient (Wildman–Crippen LogP) is 4.47. The molecule has 6 nitrogen and oxygen atoms in total. The molecule has 0 saturated heterocycles. The van der Waals surface area contributed by atoms with E-state index in [0.717, 1.165) is 15.2 Å². The lowest BCUT2D eigenvalue weighted by molar-refractivity contribution is -0.111. The highest BCUT2D eigenvalue weighted by Crippen LogP contribution is 2.22. The first-order valence-corrected chi connectivity index (χ1v) is 9.75. The molecule has 4 rings (SSSR count). The molecule has 4 aromatic rings. The number of fused-ring (bicyclic) bond motifs is 1. The third-order valence-electron chi connectivity index (χ3n) is 4.12. The van der Waals surface area contributed by atoms with Gasteiger partial charge in [-0.25, -0.2) is 4.98 Å². The minimum atomic E-state index is -0.337. The van der Waals surface area contributed by atoms with Crippen LogP contribution in [0.1, 0.15) is 21.1 Å². The van der Waals surface area contributed by atoms with E-state index < -0.39 is 0 Å². The van der Waals surface area contributed by atoms with Crippen molar-refractivity contribution in [3.63, 3.8) is 0 Å². The van der Waals surface area contributed by atoms with Crippen molar-refractivity contribution in [2.24, 2.45) is 0 Å². The summed E-state index contributed by atoms with van der Waals surface area (Å²) in [6.45, 7) is 0.269. The molecule has 0 bridgehead atoms. The van der Waals surface area contributed by atoms with Crippen LogP contribution in [0, 0.1) is 0 Å². The van der Waals surface area contributed by atoms with Crippen LogP contribution in [0.15, 0.2) is 77.4 Å². The van der Waals surface area contributed by atoms with Crippen LogP contribution in [-0.4, -0.2) is 16.8 Å². The zero-order valence-corrected chi connectivity index (χ0v) is 16.1. The molecule has 144 valence electrons. The molecule has 2 aromatic carbocycles. The molecule has 0 aliphatic heterocycles. The highest BCUT2D eigenvalue weighted by molar-refractivity contribution is 7.19. The summed E-state index contributed by atoms with van der Waals surface area (Å²) in [6.07, 6.45) is 4.63. The number of benzene rings is 2. The summed E-state index contributed by atoms with van der Waals surface area (Å²) in [5, 5.41) is 6.27. The van der Waals surface area contributed by atoms with Crippen LogP contribution in [0.2, 0.25) is 0 Å². The Morgan fingerprint density at radius 2 is 1.86 bits per heavy atom. The number of carbonyl (C=O) groups is 2. The first-order valence-electron chi connectivity index (χ1n) is 8.93. The molecule has 2 heterocycles. The number of para-hydroxylation sites is 2. The van der Waals surface area contributed by atoms with Gasteiger partial charge in [0.15, 0.2) is 0 Å². The number of hydrogen-bond acceptors (Lipinski definition) is 5. The maximum Gasteiger partial charge on any atom is 0.253 e. The number of thiazole rings is 1. The van der Waals surface area contributed by atoms with Crippen molar-refractivity contribution in [1.29, 1.82) is 0 Å². The SMILES string of the molecule is O=C(/C=C/c1nc2ccccc2s1)Nc1ccccc1C(=O)NCc1ccco1. The van der Waals surface area contributed by atoms with E-state index in [4.69, 9.17) is 4.42 Å². The maximum atomic E-state index is 12.5. The zero-order chi connectivity index (χ0) is 20.1. The number of anilines is 1. The van der Waals surface area contributed by atoms with Crippen molar-refractivity contribution >= 4 is 45.1 Å². The van der Waals surface area contributed by atoms with Crippen LogP contribution in [-0.2, 0) is 11.3 Å². The van der Waals surface area contributed by atoms with Crippen LogP contribution < -0.4 is 10.6 Å². The number of nitrogens with zero attached hydrogens (tertiary/aromatic N) is 1. The zero-order valence-electron chi connectivity index (χ0n) is 15.3. The van der Waals surface area contributed by atoms with Gasteiger partial charge in [-0.1, -0.05) is 24.3 Å². The summed E-state index contributed by atoms with van der Waals surface area (Å²) in [5.41, 5.74) is 1.71. The molecular weight excluding hydrogens is 386 g/mol. The average molecular weight is 403 g/mol. The standard InChI is InChI=1S/C22H17N3O3S/c26-20(11-12-21-25-18-9-3-4-10-19(18)29-21)24-17-8-2-1-7-16(17)22(27)23-14-15-6-5-13-28-15/h1-13H,14H2,(H,23,27)(H,24,26)/b12-11+. The van der Waals surface area contributed by atoms with Gasteiger partial charge in [0.05, 0.1) is 34.3 Å². The van der Waals surface area contributed by atoms with Gasteiger partial charge in [0.1, 0.15) is 10.8 Å². The Morgan fingerprint density at radius 3 is 2.69 bits per heavy atom. The molecule has 29 heavy (non-hydrogen) atoms. The summed E-state index contributed by atoms with van der Waals surface area (Å²) in [4.78, 5) is 29.3. The first-order chi connectivity index (χ1) is 14.2. The number of aromatic nitrogens is 1. The van der Waals surface area contributed by atoms with E-state index in [1.54, 1.807) is 48.7 Å². The number of amides is 2. The summed E-state index contributed by atoms with van der Waals surface area (Å²) >= 11 is 1.51. The summed E-state index contributed by atoms with van der Waals surface area (Å²) < 4.78 is 6.27. The van der Waals surface area contributed by atoms with Crippen molar-refractivity contribution in [2.75, 3.05) is 5.32 Å². The van der Waals surface area contributed by atoms with Crippen LogP contribution >= 0.6 is 11.3 Å². The van der Waals surface area contributed by atoms with Gasteiger partial charge >= 0.3 is 0 Å². The monoisotopic (exact) mass is 403 g/mol. The molecule has 2 N–H and O–H groups in total. The molecule has 0 unspecified atom stereocenters. The van der Waals surface area contributed by atoms with Crippen molar-refractivity contribution < 1.29 is 14.0 Å². The third-order valence-corrected chi connectivity index (χ3v) is 5.12. The second-order valence-corrected chi connectivity index (χ2v) is 7.21. The molecule has 0 fully saturated rings. The van der Waals surface area contributed by atoms with Gasteiger partial charge in [0, 0.05) is 6.08 Å². The largest absolute Gasteiger partial charge is 0.467 e. The van der Waals surface area contributed by atoms with Gasteiger partial charge in [-0.05, 0) is 42.5 Å². The third kappa shape index (κ3) is 4.59. The smallest absolute Gasteiger partial charge is 0.253 e. The highest BCUT2D eigenvalue weighted by Gasteiger charge is 2.12. The van der Waals surface area contributed by atoms with Gasteiger partial charge in [0.2, 0.25) is 5.91 Å². The molecule has 0 saturated carbocycles. The molecule has 2 amide bonds. The topological polar surface area (TPSA) is 84.2 Å². The van der Waals surface area contributed by atoms with Crippen molar-refractivity contribution in [3.05, 3.63) is 89.3 Å². The fourth-order valence-electron chi connectivity index (χ4n) is 2.75. The Hall–Kier alpha value is -3.71. The Balaban J connectivity index is 1.43. The second-order valence-electron chi connectivity index (χ2n) is 6.15. The molecular formula is C22H17N3O3S. The van der Waals surface area contributed by atoms with Gasteiger partial charge in [-0.15, -0.1) is 11.3 Å². The summed E-state index contributed by atoms with van der Waals surface area (Å²) in [5.74, 6) is 0.0154. The molecule has 0 aliphatic rings. The fourth-order valence-corrected chi connectivity index (χ4v) is 3.62. The number of nitrogens with one attached hydrogen (secondary N) is 2. The molecule has 0 atom stereocenters. The predicted molar refractivity (Wildman–Crippen MR) is 114 cm³/mol. The Labute approximate surface area is 170 Å². The molecule has 0 aliphatic carbocycles. The summed E-state index contributed by atoms with van der Waals surface area (Å²) in [7, 11) is 0. The van der Waals surface area contributed by atoms with E-state index in [1.165, 1.54) is 17.4 Å². The first kappa shape index (κ1) is 18.6. The second kappa shape index (κ2) is 8.53. The molecule has 0 spiro atoms. The maximum absolute atomic E-state index is 12.5. The van der Waals surface area contributed by atoms with E-state index in [2.05, 4.69) is 15.6 Å². The van der Waals surface area contributed by atoms with Crippen LogP contribution in [0.3, 0.4) is 0 Å². The van der Waals surface area contributed by atoms with Gasteiger partial charge in [0.25, 0.3) is 5.91 Å². The van der Waals surface area contributed by atoms with E-state index in [9.17, 15) is 9.59 Å². The lowest BCUT2D eigenvalue weighted by Gasteiger charge is -2.09. The van der Waals surface area contributed by atoms with Crippen molar-refractivity contribution in [1.82, 2.24) is 10.3 Å². The van der Waals surface area contributed by atoms with Crippen LogP contribution in [0.5, 0.6) is 0 Å². The van der Waals surface area contributed by atoms with E-state index in [0.29, 0.717) is 17.0 Å². The Morgan fingerprint density at radius 1 is 1.03 bits per heavy atom. The van der Waals surface area contributed by atoms with E-state index in [-0.39, 0.29) is 18.4 Å². The van der Waals surface area contributed by atoms with Gasteiger partial charge < -0.3 is 15.1 Å². The average Bonchev–Trinajstić information content (AvgIpc) is 3.40. The van der Waals surface area contributed by atoms with Crippen molar-refractivity contribution in [3.8, 4) is 0 Å². The lowest BCUT2D eigenvalue weighted by Crippen LogP contribution is -2.24. The molecule has 0 radical (unpaired) electrons. The minimum absolute atomic E-state index is 0.269. The number of furan rings is 1. The fraction of sp³-hybridized carbons (Fsp3) is 0.0455. The number of carbonyl (C=O) groups excluding carboxylic acids is 2. The van der Waals surface area contributed by atoms with Gasteiger partial charge in [-0.2, -0.15) is 0 Å². The highest BCUT2D eigenvalue weighted by atomic mass is 32.1. The lowest BCUT2D eigenvalue weighted by atomic mass is 10.1. The van der Waals surface area contributed by atoms with Gasteiger partial charge in [-0.3, -0.25) is 9.59 Å². The minimum Gasteiger partial charge on any atom is -0.467 e. The number of rotatable bonds is 6. The molecule has 2 aromatic heterocycles. The Bertz CT molecular complexity index is 1150. The Kier molecular flexibility index (Phi) is 5.49. The number of hydrogen-bond donors (Lipinski definition) is 2. The van der Waals surface area contributed by atoms with Crippen LogP contribution in [0.4, 0.5) is 5.69 Å². The van der Waals surface area contributed by atoms with E-state index in [1.807, 2.05) is 24.3 Å². The van der Waals surface area contributed by atoms with E-state index >= 15 is 0 Å². The molecule has 7 heteroatoms. The quantitative estimate of drug-likeness (QED) is 0.465. The van der Waals surface area contributed by atoms with Crippen LogP contribution in [0.25, 0.3) is 16.3 Å². The van der Waals surface area contributed by atoms with Crippen molar-refractivity contribution in [2.45, 2.75) is 6.54 Å². The normalized spacial score (nSPS) is 11.0. The summed E-state index contributed by atoms with van der Waals surface area (Å²) in [6, 6.07) is 18.2.